The molecule has 0 fully saturated rings. The van der Waals surface area contributed by atoms with E-state index in [0.29, 0.717) is 0 Å². The lowest BCUT2D eigenvalue weighted by atomic mass is 10.5. The van der Waals surface area contributed by atoms with Crippen molar-refractivity contribution in [3.05, 3.63) is 18.5 Å². The molecule has 2 N–H and O–H groups in total. The van der Waals surface area contributed by atoms with Gasteiger partial charge in [-0.3, -0.25) is 9.54 Å². The van der Waals surface area contributed by atoms with Gasteiger partial charge in [0.25, 0.3) is 10.1 Å². The van der Waals surface area contributed by atoms with Crippen molar-refractivity contribution >= 4 is 10.1 Å². The molecule has 1 aromatic heterocycles. The molecule has 5 nitrogen and oxygen atoms in total. The zero-order valence-corrected chi connectivity index (χ0v) is 6.11. The minimum atomic E-state index is -4.25. The van der Waals surface area contributed by atoms with Gasteiger partial charge < -0.3 is 5.11 Å². The molecule has 0 aliphatic carbocycles. The topological polar surface area (TPSA) is 87.5 Å². The average molecular weight is 175 g/mol. The van der Waals surface area contributed by atoms with E-state index in [-0.39, 0.29) is 5.75 Å². The highest BCUT2D eigenvalue weighted by atomic mass is 32.2. The van der Waals surface area contributed by atoms with Crippen molar-refractivity contribution in [1.29, 1.82) is 0 Å². The summed E-state index contributed by atoms with van der Waals surface area (Å²) in [7, 11) is -4.25. The Hall–Kier alpha value is -1.14. The molecule has 0 unspecified atom stereocenters. The molecule has 0 spiro atoms. The lowest BCUT2D eigenvalue weighted by molar-refractivity contribution is 0.463. The summed E-state index contributed by atoms with van der Waals surface area (Å²) < 4.78 is 29.2. The molecule has 1 rings (SSSR count). The fourth-order valence-electron chi connectivity index (χ4n) is 0.548. The van der Waals surface area contributed by atoms with Crippen LogP contribution in [0.3, 0.4) is 0 Å². The first-order valence-electron chi connectivity index (χ1n) is 2.61. The number of aromatic nitrogens is 1. The van der Waals surface area contributed by atoms with Gasteiger partial charge in [0.05, 0.1) is 6.20 Å². The third-order valence-electron chi connectivity index (χ3n) is 0.997. The predicted molar refractivity (Wildman–Crippen MR) is 35.7 cm³/mol. The SMILES string of the molecule is O=S(=O)(O)c1cncc(O)c1. The van der Waals surface area contributed by atoms with Crippen LogP contribution in [0.5, 0.6) is 5.75 Å². The lowest BCUT2D eigenvalue weighted by Gasteiger charge is -1.94. The Bertz CT molecular complexity index is 359. The van der Waals surface area contributed by atoms with Crippen molar-refractivity contribution < 1.29 is 18.1 Å². The summed E-state index contributed by atoms with van der Waals surface area (Å²) >= 11 is 0. The summed E-state index contributed by atoms with van der Waals surface area (Å²) in [6.45, 7) is 0. The molecule has 0 radical (unpaired) electrons. The zero-order valence-electron chi connectivity index (χ0n) is 5.30. The monoisotopic (exact) mass is 175 g/mol. The molecule has 11 heavy (non-hydrogen) atoms. The first-order valence-corrected chi connectivity index (χ1v) is 4.05. The number of hydrogen-bond acceptors (Lipinski definition) is 4. The van der Waals surface area contributed by atoms with E-state index < -0.39 is 15.0 Å². The van der Waals surface area contributed by atoms with Gasteiger partial charge in [-0.05, 0) is 0 Å². The summed E-state index contributed by atoms with van der Waals surface area (Å²) in [6, 6.07) is 0.905. The van der Waals surface area contributed by atoms with Crippen LogP contribution in [0.4, 0.5) is 0 Å². The molecular weight excluding hydrogens is 170 g/mol. The van der Waals surface area contributed by atoms with E-state index in [1.165, 1.54) is 0 Å². The molecule has 0 aliphatic heterocycles. The molecule has 0 aliphatic rings. The van der Waals surface area contributed by atoms with Gasteiger partial charge >= 0.3 is 0 Å². The van der Waals surface area contributed by atoms with Crippen LogP contribution < -0.4 is 0 Å². The molecule has 1 aromatic rings. The second-order valence-electron chi connectivity index (χ2n) is 1.85. The van der Waals surface area contributed by atoms with Crippen LogP contribution in [0.25, 0.3) is 0 Å². The Kier molecular flexibility index (Phi) is 1.79. The number of aromatic hydroxyl groups is 1. The minimum absolute atomic E-state index is 0.305. The number of hydrogen-bond donors (Lipinski definition) is 2. The van der Waals surface area contributed by atoms with Gasteiger partial charge in [0.1, 0.15) is 10.6 Å². The van der Waals surface area contributed by atoms with Crippen LogP contribution in [0.1, 0.15) is 0 Å². The molecule has 0 atom stereocenters. The van der Waals surface area contributed by atoms with Gasteiger partial charge in [0.2, 0.25) is 0 Å². The van der Waals surface area contributed by atoms with Crippen molar-refractivity contribution in [3.8, 4) is 5.75 Å². The Morgan fingerprint density at radius 1 is 1.36 bits per heavy atom. The van der Waals surface area contributed by atoms with E-state index in [1.54, 1.807) is 0 Å². The molecule has 0 saturated heterocycles. The van der Waals surface area contributed by atoms with Gasteiger partial charge in [-0.1, -0.05) is 0 Å². The molecule has 0 amide bonds. The molecule has 6 heteroatoms. The highest BCUT2D eigenvalue weighted by Crippen LogP contribution is 2.12. The van der Waals surface area contributed by atoms with Crippen LogP contribution >= 0.6 is 0 Å². The maximum atomic E-state index is 10.4. The molecule has 0 aromatic carbocycles. The van der Waals surface area contributed by atoms with Crippen LogP contribution in [0.2, 0.25) is 0 Å². The van der Waals surface area contributed by atoms with Crippen LogP contribution in [-0.2, 0) is 10.1 Å². The highest BCUT2D eigenvalue weighted by molar-refractivity contribution is 7.85. The largest absolute Gasteiger partial charge is 0.506 e. The molecule has 60 valence electrons. The van der Waals surface area contributed by atoms with Crippen molar-refractivity contribution in [2.75, 3.05) is 0 Å². The third-order valence-corrected chi connectivity index (χ3v) is 1.82. The molecule has 0 saturated carbocycles. The lowest BCUT2D eigenvalue weighted by Crippen LogP contribution is -1.97. The normalized spacial score (nSPS) is 11.4. The van der Waals surface area contributed by atoms with E-state index in [9.17, 15) is 8.42 Å². The zero-order chi connectivity index (χ0) is 8.48. The number of pyridine rings is 1. The smallest absolute Gasteiger partial charge is 0.296 e. The number of rotatable bonds is 1. The molecule has 0 bridgehead atoms. The van der Waals surface area contributed by atoms with Gasteiger partial charge in [0, 0.05) is 12.3 Å². The van der Waals surface area contributed by atoms with Crippen LogP contribution in [-0.4, -0.2) is 23.1 Å². The Morgan fingerprint density at radius 2 is 2.00 bits per heavy atom. The fourth-order valence-corrected chi connectivity index (χ4v) is 1.01. The van der Waals surface area contributed by atoms with Gasteiger partial charge in [-0.2, -0.15) is 8.42 Å². The van der Waals surface area contributed by atoms with E-state index in [1.807, 2.05) is 0 Å². The van der Waals surface area contributed by atoms with Crippen LogP contribution in [0.15, 0.2) is 23.4 Å². The summed E-state index contributed by atoms with van der Waals surface area (Å²) in [4.78, 5) is 2.94. The van der Waals surface area contributed by atoms with Crippen molar-refractivity contribution in [2.45, 2.75) is 4.90 Å². The maximum absolute atomic E-state index is 10.4. The Morgan fingerprint density at radius 3 is 2.36 bits per heavy atom. The molecule has 1 heterocycles. The first kappa shape index (κ1) is 7.96. The predicted octanol–water partition coefficient (Wildman–Crippen LogP) is 0.0339. The van der Waals surface area contributed by atoms with Crippen LogP contribution in [0, 0.1) is 0 Å². The van der Waals surface area contributed by atoms with E-state index in [2.05, 4.69) is 4.98 Å². The third kappa shape index (κ3) is 1.89. The van der Waals surface area contributed by atoms with Crippen molar-refractivity contribution in [1.82, 2.24) is 4.98 Å². The highest BCUT2D eigenvalue weighted by Gasteiger charge is 2.09. The Balaban J connectivity index is 3.28. The Labute approximate surface area is 63.1 Å². The van der Waals surface area contributed by atoms with Gasteiger partial charge in [0.15, 0.2) is 0 Å². The molecular formula is C5H5NO4S. The van der Waals surface area contributed by atoms with Gasteiger partial charge in [-0.15, -0.1) is 0 Å². The van der Waals surface area contributed by atoms with E-state index in [0.717, 1.165) is 18.5 Å². The summed E-state index contributed by atoms with van der Waals surface area (Å²) in [5, 5.41) is 8.74. The number of nitrogens with zero attached hydrogens (tertiary/aromatic N) is 1. The second kappa shape index (κ2) is 2.48. The summed E-state index contributed by atoms with van der Waals surface area (Å²) in [6.07, 6.45) is 2.00. The summed E-state index contributed by atoms with van der Waals surface area (Å²) in [5.41, 5.74) is 0. The fraction of sp³-hybridized carbons (Fsp3) is 0. The standard InChI is InChI=1S/C5H5NO4S/c7-4-1-5(3-6-2-4)11(8,9)10/h1-3,7H,(H,8,9,10). The van der Waals surface area contributed by atoms with E-state index in [4.69, 9.17) is 9.66 Å². The van der Waals surface area contributed by atoms with Crippen molar-refractivity contribution in [3.63, 3.8) is 0 Å². The summed E-state index contributed by atoms with van der Waals surface area (Å²) in [5.74, 6) is -0.305. The average Bonchev–Trinajstić information content (AvgIpc) is 1.86. The maximum Gasteiger partial charge on any atom is 0.296 e. The van der Waals surface area contributed by atoms with Gasteiger partial charge in [-0.25, -0.2) is 0 Å². The van der Waals surface area contributed by atoms with E-state index >= 15 is 0 Å². The minimum Gasteiger partial charge on any atom is -0.506 e. The van der Waals surface area contributed by atoms with Crippen molar-refractivity contribution in [2.24, 2.45) is 0 Å². The second-order valence-corrected chi connectivity index (χ2v) is 3.28. The first-order chi connectivity index (χ1) is 5.00. The quantitative estimate of drug-likeness (QED) is 0.588.